The van der Waals surface area contributed by atoms with Crippen LogP contribution in [0.15, 0.2) is 24.3 Å². The number of hydrogen-bond donors (Lipinski definition) is 2. The van der Waals surface area contributed by atoms with Crippen molar-refractivity contribution < 1.29 is 19.1 Å². The third kappa shape index (κ3) is 6.34. The zero-order valence-electron chi connectivity index (χ0n) is 20.1. The van der Waals surface area contributed by atoms with Gasteiger partial charge in [-0.2, -0.15) is 0 Å². The van der Waals surface area contributed by atoms with Gasteiger partial charge in [0, 0.05) is 28.7 Å². The molecular weight excluding hydrogens is 488 g/mol. The van der Waals surface area contributed by atoms with Crippen LogP contribution in [-0.2, 0) is 22.5 Å². The van der Waals surface area contributed by atoms with Gasteiger partial charge < -0.3 is 20.3 Å². The van der Waals surface area contributed by atoms with E-state index in [1.165, 1.54) is 17.8 Å². The Kier molecular flexibility index (Phi) is 8.30. The van der Waals surface area contributed by atoms with Gasteiger partial charge in [0.25, 0.3) is 5.91 Å². The summed E-state index contributed by atoms with van der Waals surface area (Å²) < 4.78 is 5.15. The van der Waals surface area contributed by atoms with Gasteiger partial charge in [0.05, 0.1) is 25.3 Å². The molecule has 1 saturated heterocycles. The maximum atomic E-state index is 13.4. The van der Waals surface area contributed by atoms with Gasteiger partial charge in [0.15, 0.2) is 0 Å². The molecule has 1 fully saturated rings. The lowest BCUT2D eigenvalue weighted by molar-refractivity contribution is -0.117. The summed E-state index contributed by atoms with van der Waals surface area (Å²) in [7, 11) is 0. The molecule has 0 radical (unpaired) electrons. The molecule has 4 rings (SSSR count). The number of piperidine rings is 1. The van der Waals surface area contributed by atoms with Crippen LogP contribution in [-0.4, -0.2) is 60.5 Å². The number of carbonyl (C=O) groups excluding carboxylic acids is 3. The molecule has 2 aliphatic heterocycles. The van der Waals surface area contributed by atoms with Crippen LogP contribution in [0.5, 0.6) is 0 Å². The van der Waals surface area contributed by atoms with Crippen molar-refractivity contribution in [1.29, 1.82) is 0 Å². The molecule has 0 aliphatic carbocycles. The minimum atomic E-state index is -0.374. The highest BCUT2D eigenvalue weighted by Gasteiger charge is 2.31. The number of amides is 3. The Labute approximate surface area is 214 Å². The topological polar surface area (TPSA) is 91.0 Å². The molecule has 8 nitrogen and oxygen atoms in total. The summed E-state index contributed by atoms with van der Waals surface area (Å²) in [6, 6.07) is 6.94. The van der Waals surface area contributed by atoms with Crippen LogP contribution in [0, 0.1) is 5.92 Å². The minimum absolute atomic E-state index is 0.142. The predicted molar refractivity (Wildman–Crippen MR) is 138 cm³/mol. The first kappa shape index (κ1) is 25.5. The summed E-state index contributed by atoms with van der Waals surface area (Å²) in [6.07, 6.45) is 2.39. The number of rotatable bonds is 6. The highest BCUT2D eigenvalue weighted by molar-refractivity contribution is 7.17. The summed E-state index contributed by atoms with van der Waals surface area (Å²) in [5.41, 5.74) is 1.89. The van der Waals surface area contributed by atoms with E-state index < -0.39 is 0 Å². The average Bonchev–Trinajstić information content (AvgIpc) is 3.16. The summed E-state index contributed by atoms with van der Waals surface area (Å²) in [6.45, 7) is 7.14. The number of benzene rings is 1. The average molecular weight is 519 g/mol. The number of fused-ring (bicyclic) bond motifs is 1. The Balaban J connectivity index is 1.57. The van der Waals surface area contributed by atoms with Crippen LogP contribution in [0.4, 0.5) is 15.5 Å². The molecule has 188 valence electrons. The normalized spacial score (nSPS) is 18.0. The van der Waals surface area contributed by atoms with Crippen molar-refractivity contribution in [1.82, 2.24) is 9.80 Å². The Hall–Kier alpha value is -2.62. The first-order valence-corrected chi connectivity index (χ1v) is 13.2. The number of anilines is 2. The van der Waals surface area contributed by atoms with E-state index >= 15 is 0 Å². The molecular formula is C25H31ClN4O4S. The van der Waals surface area contributed by atoms with Crippen molar-refractivity contribution in [3.8, 4) is 0 Å². The van der Waals surface area contributed by atoms with Gasteiger partial charge >= 0.3 is 6.09 Å². The van der Waals surface area contributed by atoms with Crippen LogP contribution >= 0.6 is 22.9 Å². The summed E-state index contributed by atoms with van der Waals surface area (Å²) in [5.74, 6) is 0.117. The van der Waals surface area contributed by atoms with Crippen LogP contribution in [0.3, 0.4) is 0 Å². The molecule has 0 bridgehead atoms. The molecule has 0 unspecified atom stereocenters. The van der Waals surface area contributed by atoms with Crippen LogP contribution in [0.1, 0.15) is 47.5 Å². The Morgan fingerprint density at radius 1 is 1.23 bits per heavy atom. The number of ether oxygens (including phenoxy) is 1. The van der Waals surface area contributed by atoms with Crippen LogP contribution in [0.25, 0.3) is 0 Å². The number of carbonyl (C=O) groups is 3. The van der Waals surface area contributed by atoms with Gasteiger partial charge in [-0.3, -0.25) is 14.5 Å². The lowest BCUT2D eigenvalue weighted by atomic mass is 10.0. The number of halogens is 1. The van der Waals surface area contributed by atoms with Crippen molar-refractivity contribution in [3.05, 3.63) is 45.3 Å². The molecule has 0 saturated carbocycles. The SMILES string of the molecule is CCOC(=O)N1CCc2c(sc(NC(=O)CN3CCC[C@H](C)C3)c2C(=O)Nc2cccc(Cl)c2)C1. The summed E-state index contributed by atoms with van der Waals surface area (Å²) >= 11 is 7.43. The minimum Gasteiger partial charge on any atom is -0.450 e. The van der Waals surface area contributed by atoms with Gasteiger partial charge in [-0.25, -0.2) is 4.79 Å². The lowest BCUT2D eigenvalue weighted by Gasteiger charge is -2.30. The maximum Gasteiger partial charge on any atom is 0.410 e. The second-order valence-electron chi connectivity index (χ2n) is 9.07. The maximum absolute atomic E-state index is 13.4. The van der Waals surface area contributed by atoms with E-state index in [-0.39, 0.29) is 24.5 Å². The largest absolute Gasteiger partial charge is 0.450 e. The highest BCUT2D eigenvalue weighted by Crippen LogP contribution is 2.38. The third-order valence-corrected chi connectivity index (χ3v) is 7.62. The van der Waals surface area contributed by atoms with Gasteiger partial charge in [-0.15, -0.1) is 11.3 Å². The fraction of sp³-hybridized carbons (Fsp3) is 0.480. The molecule has 3 heterocycles. The van der Waals surface area contributed by atoms with E-state index in [1.54, 1.807) is 36.1 Å². The zero-order chi connectivity index (χ0) is 24.9. The molecule has 2 aliphatic rings. The molecule has 1 aromatic carbocycles. The Morgan fingerprint density at radius 2 is 2.06 bits per heavy atom. The first-order valence-electron chi connectivity index (χ1n) is 12.0. The quantitative estimate of drug-likeness (QED) is 0.571. The highest BCUT2D eigenvalue weighted by atomic mass is 35.5. The third-order valence-electron chi connectivity index (χ3n) is 6.25. The molecule has 3 amide bonds. The van der Waals surface area contributed by atoms with E-state index in [4.69, 9.17) is 16.3 Å². The fourth-order valence-electron chi connectivity index (χ4n) is 4.66. The van der Waals surface area contributed by atoms with Crippen molar-refractivity contribution in [2.45, 2.75) is 39.7 Å². The van der Waals surface area contributed by atoms with Crippen LogP contribution in [0.2, 0.25) is 5.02 Å². The second kappa shape index (κ2) is 11.4. The molecule has 0 spiro atoms. The van der Waals surface area contributed by atoms with E-state index in [2.05, 4.69) is 22.5 Å². The van der Waals surface area contributed by atoms with Gasteiger partial charge in [-0.05, 0) is 62.4 Å². The Bertz CT molecular complexity index is 1110. The fourth-order valence-corrected chi connectivity index (χ4v) is 6.13. The molecule has 1 atom stereocenters. The molecule has 1 aromatic heterocycles. The Morgan fingerprint density at radius 3 is 2.80 bits per heavy atom. The number of nitrogens with one attached hydrogen (secondary N) is 2. The van der Waals surface area contributed by atoms with Gasteiger partial charge in [0.2, 0.25) is 5.91 Å². The number of likely N-dealkylation sites (tertiary alicyclic amines) is 1. The zero-order valence-corrected chi connectivity index (χ0v) is 21.6. The lowest BCUT2D eigenvalue weighted by Crippen LogP contribution is -2.39. The van der Waals surface area contributed by atoms with Gasteiger partial charge in [-0.1, -0.05) is 24.6 Å². The van der Waals surface area contributed by atoms with E-state index in [0.29, 0.717) is 53.3 Å². The van der Waals surface area contributed by atoms with E-state index in [0.717, 1.165) is 30.0 Å². The monoisotopic (exact) mass is 518 g/mol. The van der Waals surface area contributed by atoms with Gasteiger partial charge in [0.1, 0.15) is 5.00 Å². The second-order valence-corrected chi connectivity index (χ2v) is 10.6. The van der Waals surface area contributed by atoms with Crippen molar-refractivity contribution in [3.63, 3.8) is 0 Å². The number of hydrogen-bond acceptors (Lipinski definition) is 6. The van der Waals surface area contributed by atoms with Crippen LogP contribution < -0.4 is 10.6 Å². The molecule has 35 heavy (non-hydrogen) atoms. The van der Waals surface area contributed by atoms with Crippen molar-refractivity contribution >= 4 is 51.5 Å². The molecule has 10 heteroatoms. The number of nitrogens with zero attached hydrogens (tertiary/aromatic N) is 2. The molecule has 2 N–H and O–H groups in total. The summed E-state index contributed by atoms with van der Waals surface area (Å²) in [4.78, 5) is 43.3. The van der Waals surface area contributed by atoms with Crippen molar-refractivity contribution in [2.24, 2.45) is 5.92 Å². The number of thiophene rings is 1. The standard InChI is InChI=1S/C25H31ClN4O4S/c1-3-34-25(33)30-11-9-19-20(14-30)35-24(28-21(31)15-29-10-5-6-16(2)13-29)22(19)23(32)27-18-8-4-7-17(26)12-18/h4,7-8,12,16H,3,5-6,9-11,13-15H2,1-2H3,(H,27,32)(H,28,31)/t16-/m0/s1. The molecule has 2 aromatic rings. The summed E-state index contributed by atoms with van der Waals surface area (Å²) in [5, 5.41) is 6.93. The first-order chi connectivity index (χ1) is 16.8. The van der Waals surface area contributed by atoms with E-state index in [1.807, 2.05) is 0 Å². The van der Waals surface area contributed by atoms with Crippen molar-refractivity contribution in [2.75, 3.05) is 43.4 Å². The predicted octanol–water partition coefficient (Wildman–Crippen LogP) is 4.84. The smallest absolute Gasteiger partial charge is 0.410 e. The van der Waals surface area contributed by atoms with E-state index in [9.17, 15) is 14.4 Å².